The summed E-state index contributed by atoms with van der Waals surface area (Å²) in [4.78, 5) is 33.8. The molecule has 2 fully saturated rings. The van der Waals surface area contributed by atoms with Crippen LogP contribution in [-0.4, -0.2) is 59.4 Å². The van der Waals surface area contributed by atoms with E-state index in [1.54, 1.807) is 0 Å². The molecule has 2 saturated heterocycles. The van der Waals surface area contributed by atoms with Crippen LogP contribution in [0.3, 0.4) is 0 Å². The zero-order valence-electron chi connectivity index (χ0n) is 16.8. The van der Waals surface area contributed by atoms with Crippen LogP contribution in [-0.2, 0) is 0 Å². The van der Waals surface area contributed by atoms with Crippen LogP contribution in [0, 0.1) is 12.8 Å². The standard InChI is InChI=1S/C21H32N4O2/c1-4-22-21(27)25-13-9-17(10-14-25)19-18(6-5-16(3)23-19)20(26)24-11-7-15(2)8-12-24/h5-6,15,17H,4,7-14H2,1-3H3,(H,22,27). The van der Waals surface area contributed by atoms with E-state index in [0.717, 1.165) is 55.7 Å². The van der Waals surface area contributed by atoms with E-state index < -0.39 is 0 Å². The van der Waals surface area contributed by atoms with Gasteiger partial charge >= 0.3 is 6.03 Å². The van der Waals surface area contributed by atoms with E-state index in [-0.39, 0.29) is 17.9 Å². The molecule has 1 N–H and O–H groups in total. The summed E-state index contributed by atoms with van der Waals surface area (Å²) in [5.74, 6) is 1.05. The Labute approximate surface area is 162 Å². The second-order valence-electron chi connectivity index (χ2n) is 7.96. The molecule has 2 aliphatic heterocycles. The van der Waals surface area contributed by atoms with E-state index in [1.807, 2.05) is 35.8 Å². The second kappa shape index (κ2) is 8.72. The Hall–Kier alpha value is -2.11. The van der Waals surface area contributed by atoms with Crippen LogP contribution in [0.15, 0.2) is 12.1 Å². The van der Waals surface area contributed by atoms with Crippen molar-refractivity contribution in [2.24, 2.45) is 5.92 Å². The monoisotopic (exact) mass is 372 g/mol. The lowest BCUT2D eigenvalue weighted by Crippen LogP contribution is -2.44. The number of urea groups is 1. The maximum absolute atomic E-state index is 13.2. The van der Waals surface area contributed by atoms with E-state index in [2.05, 4.69) is 12.2 Å². The molecule has 0 radical (unpaired) electrons. The Morgan fingerprint density at radius 3 is 2.33 bits per heavy atom. The minimum absolute atomic E-state index is 0.00638. The van der Waals surface area contributed by atoms with Gasteiger partial charge in [0.15, 0.2) is 0 Å². The number of hydrogen-bond donors (Lipinski definition) is 1. The molecule has 0 aromatic carbocycles. The predicted octanol–water partition coefficient (Wildman–Crippen LogP) is 3.17. The average molecular weight is 373 g/mol. The van der Waals surface area contributed by atoms with Crippen molar-refractivity contribution < 1.29 is 9.59 Å². The summed E-state index contributed by atoms with van der Waals surface area (Å²) >= 11 is 0. The molecule has 0 saturated carbocycles. The summed E-state index contributed by atoms with van der Waals surface area (Å²) in [6.07, 6.45) is 3.85. The predicted molar refractivity (Wildman–Crippen MR) is 106 cm³/mol. The quantitative estimate of drug-likeness (QED) is 0.886. The highest BCUT2D eigenvalue weighted by Gasteiger charge is 2.30. The zero-order valence-corrected chi connectivity index (χ0v) is 16.8. The van der Waals surface area contributed by atoms with Gasteiger partial charge in [0.1, 0.15) is 0 Å². The minimum atomic E-state index is 0.00638. The van der Waals surface area contributed by atoms with Crippen molar-refractivity contribution in [2.45, 2.75) is 52.4 Å². The number of nitrogens with one attached hydrogen (secondary N) is 1. The van der Waals surface area contributed by atoms with Crippen LogP contribution < -0.4 is 5.32 Å². The molecule has 0 atom stereocenters. The molecular formula is C21H32N4O2. The molecule has 6 nitrogen and oxygen atoms in total. The number of nitrogens with zero attached hydrogens (tertiary/aromatic N) is 3. The maximum atomic E-state index is 13.2. The van der Waals surface area contributed by atoms with Crippen LogP contribution in [0.25, 0.3) is 0 Å². The smallest absolute Gasteiger partial charge is 0.317 e. The van der Waals surface area contributed by atoms with Gasteiger partial charge in [-0.05, 0) is 57.6 Å². The lowest BCUT2D eigenvalue weighted by Gasteiger charge is -2.34. The van der Waals surface area contributed by atoms with Gasteiger partial charge in [0.2, 0.25) is 0 Å². The van der Waals surface area contributed by atoms with Gasteiger partial charge in [0.25, 0.3) is 5.91 Å². The maximum Gasteiger partial charge on any atom is 0.317 e. The van der Waals surface area contributed by atoms with Gasteiger partial charge in [-0.3, -0.25) is 9.78 Å². The number of carbonyl (C=O) groups is 2. The first kappa shape index (κ1) is 19.6. The van der Waals surface area contributed by atoms with Crippen LogP contribution in [0.5, 0.6) is 0 Å². The number of piperidine rings is 2. The molecule has 27 heavy (non-hydrogen) atoms. The van der Waals surface area contributed by atoms with Crippen molar-refractivity contribution >= 4 is 11.9 Å². The van der Waals surface area contributed by atoms with E-state index in [1.165, 1.54) is 0 Å². The molecule has 2 aliphatic rings. The molecule has 6 heteroatoms. The summed E-state index contributed by atoms with van der Waals surface area (Å²) in [5, 5.41) is 2.87. The first-order valence-corrected chi connectivity index (χ1v) is 10.3. The molecule has 0 bridgehead atoms. The number of amides is 3. The number of rotatable bonds is 3. The van der Waals surface area contributed by atoms with E-state index in [9.17, 15) is 9.59 Å². The number of likely N-dealkylation sites (tertiary alicyclic amines) is 2. The fraction of sp³-hybridized carbons (Fsp3) is 0.667. The second-order valence-corrected chi connectivity index (χ2v) is 7.96. The third-order valence-corrected chi connectivity index (χ3v) is 5.86. The van der Waals surface area contributed by atoms with Crippen molar-refractivity contribution in [3.05, 3.63) is 29.1 Å². The van der Waals surface area contributed by atoms with Crippen molar-refractivity contribution in [3.63, 3.8) is 0 Å². The number of hydrogen-bond acceptors (Lipinski definition) is 3. The van der Waals surface area contributed by atoms with E-state index in [0.29, 0.717) is 25.6 Å². The lowest BCUT2D eigenvalue weighted by molar-refractivity contribution is 0.0694. The first-order valence-electron chi connectivity index (χ1n) is 10.3. The molecule has 0 spiro atoms. The Balaban J connectivity index is 1.73. The summed E-state index contributed by atoms with van der Waals surface area (Å²) in [7, 11) is 0. The Morgan fingerprint density at radius 2 is 1.70 bits per heavy atom. The SMILES string of the molecule is CCNC(=O)N1CCC(c2nc(C)ccc2C(=O)N2CCC(C)CC2)CC1. The van der Waals surface area contributed by atoms with Crippen molar-refractivity contribution in [2.75, 3.05) is 32.7 Å². The number of aromatic nitrogens is 1. The van der Waals surface area contributed by atoms with Crippen LogP contribution in [0.2, 0.25) is 0 Å². The third kappa shape index (κ3) is 4.60. The minimum Gasteiger partial charge on any atom is -0.339 e. The fourth-order valence-corrected chi connectivity index (χ4v) is 4.07. The average Bonchev–Trinajstić information content (AvgIpc) is 2.68. The highest BCUT2D eigenvalue weighted by Crippen LogP contribution is 2.30. The van der Waals surface area contributed by atoms with Gasteiger partial charge in [0.05, 0.1) is 11.3 Å². The van der Waals surface area contributed by atoms with Gasteiger partial charge in [0, 0.05) is 44.3 Å². The van der Waals surface area contributed by atoms with Gasteiger partial charge in [-0.2, -0.15) is 0 Å². The zero-order chi connectivity index (χ0) is 19.4. The highest BCUT2D eigenvalue weighted by atomic mass is 16.2. The molecule has 3 rings (SSSR count). The highest BCUT2D eigenvalue weighted by molar-refractivity contribution is 5.95. The van der Waals surface area contributed by atoms with E-state index >= 15 is 0 Å². The topological polar surface area (TPSA) is 65.5 Å². The van der Waals surface area contributed by atoms with E-state index in [4.69, 9.17) is 4.98 Å². The lowest BCUT2D eigenvalue weighted by atomic mass is 9.89. The van der Waals surface area contributed by atoms with Gasteiger partial charge < -0.3 is 15.1 Å². The van der Waals surface area contributed by atoms with Gasteiger partial charge in [-0.1, -0.05) is 6.92 Å². The van der Waals surface area contributed by atoms with Crippen LogP contribution in [0.4, 0.5) is 4.79 Å². The third-order valence-electron chi connectivity index (χ3n) is 5.86. The molecule has 0 unspecified atom stereocenters. The Kier molecular flexibility index (Phi) is 6.34. The normalized spacial score (nSPS) is 19.2. The summed E-state index contributed by atoms with van der Waals surface area (Å²) in [5.41, 5.74) is 2.63. The largest absolute Gasteiger partial charge is 0.339 e. The molecular weight excluding hydrogens is 340 g/mol. The van der Waals surface area contributed by atoms with Gasteiger partial charge in [-0.25, -0.2) is 4.79 Å². The summed E-state index contributed by atoms with van der Waals surface area (Å²) < 4.78 is 0. The molecule has 1 aromatic rings. The van der Waals surface area contributed by atoms with Crippen molar-refractivity contribution in [3.8, 4) is 0 Å². The number of carbonyl (C=O) groups excluding carboxylic acids is 2. The fourth-order valence-electron chi connectivity index (χ4n) is 4.07. The first-order chi connectivity index (χ1) is 13.0. The molecule has 1 aromatic heterocycles. The summed E-state index contributed by atoms with van der Waals surface area (Å²) in [6.45, 7) is 9.90. The van der Waals surface area contributed by atoms with Crippen molar-refractivity contribution in [1.29, 1.82) is 0 Å². The number of pyridine rings is 1. The number of aryl methyl sites for hydroxylation is 1. The van der Waals surface area contributed by atoms with Gasteiger partial charge in [-0.15, -0.1) is 0 Å². The Morgan fingerprint density at radius 1 is 1.07 bits per heavy atom. The summed E-state index contributed by atoms with van der Waals surface area (Å²) in [6, 6.07) is 3.90. The molecule has 3 heterocycles. The van der Waals surface area contributed by atoms with Crippen molar-refractivity contribution in [1.82, 2.24) is 20.1 Å². The molecule has 0 aliphatic carbocycles. The van der Waals surface area contributed by atoms with Crippen LogP contribution >= 0.6 is 0 Å². The molecule has 3 amide bonds. The van der Waals surface area contributed by atoms with Crippen LogP contribution in [0.1, 0.15) is 67.2 Å². The Bertz CT molecular complexity index is 675. The molecule has 148 valence electrons.